The van der Waals surface area contributed by atoms with E-state index in [1.54, 1.807) is 7.05 Å². The molecule has 27 heavy (non-hydrogen) atoms. The quantitative estimate of drug-likeness (QED) is 0.443. The smallest absolute Gasteiger partial charge is 0.306 e. The fourth-order valence-electron chi connectivity index (χ4n) is 2.73. The largest absolute Gasteiger partial charge is 0.338 e. The van der Waals surface area contributed by atoms with Crippen LogP contribution in [-0.4, -0.2) is 33.2 Å². The van der Waals surface area contributed by atoms with Gasteiger partial charge in [-0.2, -0.15) is 5.10 Å². The lowest BCUT2D eigenvalue weighted by Gasteiger charge is -2.21. The Morgan fingerprint density at radius 2 is 1.85 bits per heavy atom. The van der Waals surface area contributed by atoms with Crippen molar-refractivity contribution in [3.05, 3.63) is 39.8 Å². The number of H-pyrrole nitrogens is 1. The molecule has 0 bridgehead atoms. The third kappa shape index (κ3) is 4.23. The van der Waals surface area contributed by atoms with Crippen molar-refractivity contribution in [3.8, 4) is 0 Å². The number of urea groups is 1. The van der Waals surface area contributed by atoms with Gasteiger partial charge < -0.3 is 5.32 Å². The molecule has 2 amide bonds. The van der Waals surface area contributed by atoms with Crippen LogP contribution in [0, 0.1) is 6.92 Å². The molecule has 0 saturated heterocycles. The highest BCUT2D eigenvalue weighted by Gasteiger charge is 2.16. The molecule has 3 heterocycles. The minimum Gasteiger partial charge on any atom is -0.306 e. The maximum absolute atomic E-state index is 12.3. The van der Waals surface area contributed by atoms with E-state index in [9.17, 15) is 4.79 Å². The zero-order valence-corrected chi connectivity index (χ0v) is 16.8. The Morgan fingerprint density at radius 3 is 2.48 bits per heavy atom. The Labute approximate surface area is 166 Å². The SMILES string of the molecule is Cc1[nH]nc2nc(N(C)NC(=O)Nc3cc(Cl)nc(Cl)c3)cc(C(C)C)c12. The molecule has 0 fully saturated rings. The highest BCUT2D eigenvalue weighted by molar-refractivity contribution is 6.33. The molecule has 10 heteroatoms. The van der Waals surface area contributed by atoms with E-state index >= 15 is 0 Å². The number of anilines is 2. The first kappa shape index (κ1) is 19.2. The van der Waals surface area contributed by atoms with Crippen molar-refractivity contribution in [3.63, 3.8) is 0 Å². The van der Waals surface area contributed by atoms with E-state index in [-0.39, 0.29) is 16.2 Å². The van der Waals surface area contributed by atoms with E-state index in [1.165, 1.54) is 17.1 Å². The summed E-state index contributed by atoms with van der Waals surface area (Å²) < 4.78 is 0. The summed E-state index contributed by atoms with van der Waals surface area (Å²) in [6.45, 7) is 6.16. The van der Waals surface area contributed by atoms with E-state index in [4.69, 9.17) is 23.2 Å². The monoisotopic (exact) mass is 407 g/mol. The lowest BCUT2D eigenvalue weighted by molar-refractivity contribution is 0.251. The second kappa shape index (κ2) is 7.58. The number of amides is 2. The van der Waals surface area contributed by atoms with Crippen LogP contribution in [0.5, 0.6) is 0 Å². The van der Waals surface area contributed by atoms with Gasteiger partial charge in [-0.3, -0.25) is 10.1 Å². The Bertz CT molecular complexity index is 982. The van der Waals surface area contributed by atoms with Crippen LogP contribution in [0.3, 0.4) is 0 Å². The van der Waals surface area contributed by atoms with Gasteiger partial charge in [0.05, 0.1) is 0 Å². The Morgan fingerprint density at radius 1 is 1.19 bits per heavy atom. The number of hydrogen-bond donors (Lipinski definition) is 3. The second-order valence-corrected chi connectivity index (χ2v) is 7.17. The number of aromatic amines is 1. The molecule has 0 unspecified atom stereocenters. The maximum atomic E-state index is 12.3. The van der Waals surface area contributed by atoms with Gasteiger partial charge in [-0.05, 0) is 36.6 Å². The number of carbonyl (C=O) groups excluding carboxylic acids is 1. The summed E-state index contributed by atoms with van der Waals surface area (Å²) >= 11 is 11.7. The summed E-state index contributed by atoms with van der Waals surface area (Å²) in [7, 11) is 1.70. The van der Waals surface area contributed by atoms with Crippen LogP contribution in [0.2, 0.25) is 10.3 Å². The van der Waals surface area contributed by atoms with Gasteiger partial charge in [0.1, 0.15) is 16.1 Å². The molecule has 8 nitrogen and oxygen atoms in total. The molecule has 0 aliphatic heterocycles. The van der Waals surface area contributed by atoms with Crippen molar-refractivity contribution in [2.75, 3.05) is 17.4 Å². The number of pyridine rings is 2. The first-order chi connectivity index (χ1) is 12.7. The average molecular weight is 408 g/mol. The Hall–Kier alpha value is -2.58. The van der Waals surface area contributed by atoms with Gasteiger partial charge in [0.2, 0.25) is 0 Å². The van der Waals surface area contributed by atoms with E-state index in [0.29, 0.717) is 17.2 Å². The Balaban J connectivity index is 1.81. The molecule has 142 valence electrons. The van der Waals surface area contributed by atoms with Crippen LogP contribution in [-0.2, 0) is 0 Å². The lowest BCUT2D eigenvalue weighted by atomic mass is 10.00. The number of nitrogens with zero attached hydrogens (tertiary/aromatic N) is 4. The topological polar surface area (TPSA) is 98.8 Å². The maximum Gasteiger partial charge on any atom is 0.338 e. The molecule has 0 saturated carbocycles. The van der Waals surface area contributed by atoms with Crippen LogP contribution in [0.4, 0.5) is 16.3 Å². The third-order valence-corrected chi connectivity index (χ3v) is 4.36. The number of fused-ring (bicyclic) bond motifs is 1. The molecule has 0 atom stereocenters. The summed E-state index contributed by atoms with van der Waals surface area (Å²) in [6.07, 6.45) is 0. The van der Waals surface area contributed by atoms with Crippen LogP contribution >= 0.6 is 23.2 Å². The number of carbonyl (C=O) groups is 1. The molecule has 0 aromatic carbocycles. The standard InChI is InChI=1S/C17H19Cl2N7O/c1-8(2)11-7-14(22-16-15(11)9(3)23-24-16)26(4)25-17(27)20-10-5-12(18)21-13(19)6-10/h5-8H,1-4H3,(H,22,23,24)(H2,20,21,25,27). The van der Waals surface area contributed by atoms with Crippen molar-refractivity contribution in [1.29, 1.82) is 0 Å². The number of aryl methyl sites for hydroxylation is 1. The second-order valence-electron chi connectivity index (χ2n) is 6.40. The number of halogens is 2. The lowest BCUT2D eigenvalue weighted by Crippen LogP contribution is -2.42. The zero-order chi connectivity index (χ0) is 19.7. The molecule has 3 aromatic rings. The first-order valence-electron chi connectivity index (χ1n) is 8.24. The summed E-state index contributed by atoms with van der Waals surface area (Å²) in [5.74, 6) is 0.840. The number of aromatic nitrogens is 4. The Kier molecular flexibility index (Phi) is 5.38. The third-order valence-electron chi connectivity index (χ3n) is 3.98. The molecule has 0 aliphatic carbocycles. The molecular weight excluding hydrogens is 389 g/mol. The molecule has 3 aromatic heterocycles. The van der Waals surface area contributed by atoms with Gasteiger partial charge >= 0.3 is 6.03 Å². The van der Waals surface area contributed by atoms with Crippen molar-refractivity contribution in [2.24, 2.45) is 0 Å². The molecule has 3 rings (SSSR count). The summed E-state index contributed by atoms with van der Waals surface area (Å²) in [4.78, 5) is 20.6. The summed E-state index contributed by atoms with van der Waals surface area (Å²) in [6, 6.07) is 4.47. The predicted octanol–water partition coefficient (Wildman–Crippen LogP) is 4.26. The van der Waals surface area contributed by atoms with Crippen LogP contribution in [0.25, 0.3) is 11.0 Å². The van der Waals surface area contributed by atoms with Crippen molar-refractivity contribution >= 4 is 51.8 Å². The number of hydrazine groups is 1. The van der Waals surface area contributed by atoms with Gasteiger partial charge in [-0.15, -0.1) is 0 Å². The van der Waals surface area contributed by atoms with Crippen molar-refractivity contribution in [1.82, 2.24) is 25.6 Å². The predicted molar refractivity (Wildman–Crippen MR) is 108 cm³/mol. The van der Waals surface area contributed by atoms with Gasteiger partial charge in [-0.1, -0.05) is 37.0 Å². The average Bonchev–Trinajstić information content (AvgIpc) is 2.94. The number of rotatable bonds is 4. The first-order valence-corrected chi connectivity index (χ1v) is 9.00. The van der Waals surface area contributed by atoms with Crippen LogP contribution in [0.1, 0.15) is 31.0 Å². The molecule has 0 aliphatic rings. The van der Waals surface area contributed by atoms with E-state index < -0.39 is 6.03 Å². The van der Waals surface area contributed by atoms with Crippen molar-refractivity contribution < 1.29 is 4.79 Å². The van der Waals surface area contributed by atoms with E-state index in [1.807, 2.05) is 13.0 Å². The molecular formula is C17H19Cl2N7O. The van der Waals surface area contributed by atoms with Crippen LogP contribution in [0.15, 0.2) is 18.2 Å². The van der Waals surface area contributed by atoms with Gasteiger partial charge in [0, 0.05) is 23.8 Å². The van der Waals surface area contributed by atoms with Gasteiger partial charge in [0.15, 0.2) is 5.65 Å². The fraction of sp³-hybridized carbons (Fsp3) is 0.294. The number of hydrogen-bond acceptors (Lipinski definition) is 5. The minimum atomic E-state index is -0.470. The summed E-state index contributed by atoms with van der Waals surface area (Å²) in [5, 5.41) is 12.8. The molecule has 3 N–H and O–H groups in total. The van der Waals surface area contributed by atoms with Gasteiger partial charge in [-0.25, -0.2) is 20.2 Å². The molecule has 0 radical (unpaired) electrons. The summed E-state index contributed by atoms with van der Waals surface area (Å²) in [5.41, 5.74) is 5.80. The van der Waals surface area contributed by atoms with E-state index in [2.05, 4.69) is 44.8 Å². The minimum absolute atomic E-state index is 0.189. The van der Waals surface area contributed by atoms with Crippen molar-refractivity contribution in [2.45, 2.75) is 26.7 Å². The van der Waals surface area contributed by atoms with E-state index in [0.717, 1.165) is 16.6 Å². The van der Waals surface area contributed by atoms with Crippen LogP contribution < -0.4 is 15.8 Å². The highest BCUT2D eigenvalue weighted by atomic mass is 35.5. The highest BCUT2D eigenvalue weighted by Crippen LogP contribution is 2.28. The normalized spacial score (nSPS) is 11.1. The molecule has 0 spiro atoms. The fourth-order valence-corrected chi connectivity index (χ4v) is 3.19. The van der Waals surface area contributed by atoms with Gasteiger partial charge in [0.25, 0.3) is 0 Å². The number of nitrogens with one attached hydrogen (secondary N) is 3. The zero-order valence-electron chi connectivity index (χ0n) is 15.3.